The van der Waals surface area contributed by atoms with Gasteiger partial charge in [0, 0.05) is 4.91 Å². The van der Waals surface area contributed by atoms with E-state index in [0.29, 0.717) is 6.61 Å². The molecular formula is C10H13N3O2. The highest BCUT2D eigenvalue weighted by atomic mass is 16.5. The van der Waals surface area contributed by atoms with E-state index in [4.69, 9.17) is 10.3 Å². The zero-order valence-electron chi connectivity index (χ0n) is 8.28. The van der Waals surface area contributed by atoms with Crippen LogP contribution in [-0.2, 0) is 11.3 Å². The quantitative estimate of drug-likeness (QED) is 0.439. The van der Waals surface area contributed by atoms with E-state index in [0.717, 1.165) is 5.56 Å². The Balaban J connectivity index is 2.19. The van der Waals surface area contributed by atoms with E-state index < -0.39 is 6.10 Å². The summed E-state index contributed by atoms with van der Waals surface area (Å²) in [6, 6.07) is 9.67. The normalized spacial score (nSPS) is 11.8. The fraction of sp³-hybridized carbons (Fsp3) is 0.400. The number of ether oxygens (including phenoxy) is 1. The van der Waals surface area contributed by atoms with Crippen molar-refractivity contribution in [1.82, 2.24) is 0 Å². The Kier molecular flexibility index (Phi) is 5.25. The average molecular weight is 207 g/mol. The molecule has 1 atom stereocenters. The van der Waals surface area contributed by atoms with E-state index in [-0.39, 0.29) is 13.2 Å². The van der Waals surface area contributed by atoms with Crippen LogP contribution in [0, 0.1) is 0 Å². The summed E-state index contributed by atoms with van der Waals surface area (Å²) in [7, 11) is 0. The summed E-state index contributed by atoms with van der Waals surface area (Å²) >= 11 is 0. The predicted molar refractivity (Wildman–Crippen MR) is 56.1 cm³/mol. The highest BCUT2D eigenvalue weighted by Gasteiger charge is 2.02. The van der Waals surface area contributed by atoms with Crippen LogP contribution in [0.5, 0.6) is 0 Å². The molecule has 15 heavy (non-hydrogen) atoms. The first kappa shape index (κ1) is 11.5. The second-order valence-corrected chi connectivity index (χ2v) is 3.07. The van der Waals surface area contributed by atoms with E-state index in [1.165, 1.54) is 0 Å². The summed E-state index contributed by atoms with van der Waals surface area (Å²) < 4.78 is 5.25. The molecule has 0 radical (unpaired) electrons. The van der Waals surface area contributed by atoms with Crippen molar-refractivity contribution in [3.63, 3.8) is 0 Å². The van der Waals surface area contributed by atoms with E-state index in [9.17, 15) is 5.11 Å². The summed E-state index contributed by atoms with van der Waals surface area (Å²) in [5.74, 6) is 0. The molecule has 1 rings (SSSR count). The SMILES string of the molecule is [N-]=[N+]=NC[C@@H](O)COCc1ccccc1. The molecule has 0 aliphatic heterocycles. The molecule has 1 aromatic carbocycles. The smallest absolute Gasteiger partial charge is 0.0830 e. The Hall–Kier alpha value is -1.55. The molecule has 0 heterocycles. The van der Waals surface area contributed by atoms with Gasteiger partial charge < -0.3 is 9.84 Å². The number of nitrogens with zero attached hydrogens (tertiary/aromatic N) is 3. The van der Waals surface area contributed by atoms with Gasteiger partial charge in [0.25, 0.3) is 0 Å². The summed E-state index contributed by atoms with van der Waals surface area (Å²) in [4.78, 5) is 2.55. The summed E-state index contributed by atoms with van der Waals surface area (Å²) in [5, 5.41) is 12.5. The second-order valence-electron chi connectivity index (χ2n) is 3.07. The van der Waals surface area contributed by atoms with Crippen molar-refractivity contribution >= 4 is 0 Å². The largest absolute Gasteiger partial charge is 0.391 e. The lowest BCUT2D eigenvalue weighted by Crippen LogP contribution is -2.18. The molecule has 1 N–H and O–H groups in total. The Morgan fingerprint density at radius 1 is 1.40 bits per heavy atom. The van der Waals surface area contributed by atoms with Gasteiger partial charge in [0.2, 0.25) is 0 Å². The van der Waals surface area contributed by atoms with Crippen LogP contribution in [0.1, 0.15) is 5.56 Å². The monoisotopic (exact) mass is 207 g/mol. The van der Waals surface area contributed by atoms with Gasteiger partial charge in [-0.05, 0) is 11.1 Å². The molecule has 0 unspecified atom stereocenters. The molecule has 1 aromatic rings. The zero-order chi connectivity index (χ0) is 10.9. The maximum absolute atomic E-state index is 9.27. The predicted octanol–water partition coefficient (Wildman–Crippen LogP) is 1.87. The summed E-state index contributed by atoms with van der Waals surface area (Å²) in [6.07, 6.45) is -0.732. The lowest BCUT2D eigenvalue weighted by atomic mass is 10.2. The molecule has 0 aliphatic rings. The number of azide groups is 1. The Morgan fingerprint density at radius 2 is 2.13 bits per heavy atom. The molecule has 5 heteroatoms. The second kappa shape index (κ2) is 6.84. The molecule has 0 saturated carbocycles. The van der Waals surface area contributed by atoms with Gasteiger partial charge in [-0.2, -0.15) is 0 Å². The van der Waals surface area contributed by atoms with E-state index in [1.807, 2.05) is 30.3 Å². The topological polar surface area (TPSA) is 78.2 Å². The van der Waals surface area contributed by atoms with Gasteiger partial charge in [-0.25, -0.2) is 0 Å². The van der Waals surface area contributed by atoms with E-state index in [2.05, 4.69) is 10.0 Å². The molecule has 0 bridgehead atoms. The number of hydrogen-bond donors (Lipinski definition) is 1. The van der Waals surface area contributed by atoms with Gasteiger partial charge in [-0.1, -0.05) is 35.4 Å². The standard InChI is InChI=1S/C10H13N3O2/c11-13-12-6-10(14)8-15-7-9-4-2-1-3-5-9/h1-5,10,14H,6-8H2/t10-/m1/s1. The van der Waals surface area contributed by atoms with Crippen LogP contribution >= 0.6 is 0 Å². The highest BCUT2D eigenvalue weighted by molar-refractivity contribution is 5.13. The molecule has 0 aromatic heterocycles. The molecule has 0 spiro atoms. The van der Waals surface area contributed by atoms with Crippen LogP contribution in [0.4, 0.5) is 0 Å². The van der Waals surface area contributed by atoms with Gasteiger partial charge in [0.15, 0.2) is 0 Å². The fourth-order valence-electron chi connectivity index (χ4n) is 1.07. The Morgan fingerprint density at radius 3 is 2.80 bits per heavy atom. The van der Waals surface area contributed by atoms with Crippen molar-refractivity contribution in [2.75, 3.05) is 13.2 Å². The van der Waals surface area contributed by atoms with Crippen LogP contribution < -0.4 is 0 Å². The zero-order valence-corrected chi connectivity index (χ0v) is 8.28. The Bertz CT molecular complexity index is 323. The van der Waals surface area contributed by atoms with Gasteiger partial charge >= 0.3 is 0 Å². The number of aliphatic hydroxyl groups is 1. The molecule has 80 valence electrons. The van der Waals surface area contributed by atoms with Crippen molar-refractivity contribution in [3.8, 4) is 0 Å². The van der Waals surface area contributed by atoms with Crippen LogP contribution in [0.25, 0.3) is 10.4 Å². The lowest BCUT2D eigenvalue weighted by Gasteiger charge is -2.08. The van der Waals surface area contributed by atoms with Crippen LogP contribution in [0.3, 0.4) is 0 Å². The van der Waals surface area contributed by atoms with Crippen molar-refractivity contribution in [2.24, 2.45) is 5.11 Å². The third kappa shape index (κ3) is 5.02. The molecule has 0 fully saturated rings. The van der Waals surface area contributed by atoms with Gasteiger partial charge in [-0.3, -0.25) is 0 Å². The summed E-state index contributed by atoms with van der Waals surface area (Å²) in [6.45, 7) is 0.674. The van der Waals surface area contributed by atoms with E-state index >= 15 is 0 Å². The fourth-order valence-corrected chi connectivity index (χ4v) is 1.07. The van der Waals surface area contributed by atoms with Crippen molar-refractivity contribution in [2.45, 2.75) is 12.7 Å². The molecule has 0 aliphatic carbocycles. The first-order valence-corrected chi connectivity index (χ1v) is 4.63. The maximum atomic E-state index is 9.27. The molecule has 5 nitrogen and oxygen atoms in total. The third-order valence-corrected chi connectivity index (χ3v) is 1.78. The maximum Gasteiger partial charge on any atom is 0.0830 e. The van der Waals surface area contributed by atoms with Gasteiger partial charge in [0.1, 0.15) is 0 Å². The van der Waals surface area contributed by atoms with Crippen LogP contribution in [0.2, 0.25) is 0 Å². The minimum atomic E-state index is -0.732. The van der Waals surface area contributed by atoms with Gasteiger partial charge in [-0.15, -0.1) is 0 Å². The average Bonchev–Trinajstić information content (AvgIpc) is 2.28. The van der Waals surface area contributed by atoms with Crippen LogP contribution in [0.15, 0.2) is 35.4 Å². The molecular weight excluding hydrogens is 194 g/mol. The van der Waals surface area contributed by atoms with Crippen molar-refractivity contribution in [3.05, 3.63) is 46.3 Å². The van der Waals surface area contributed by atoms with E-state index in [1.54, 1.807) is 0 Å². The Labute approximate surface area is 87.9 Å². The molecule has 0 amide bonds. The molecule has 0 saturated heterocycles. The number of aliphatic hydroxyl groups excluding tert-OH is 1. The van der Waals surface area contributed by atoms with Crippen LogP contribution in [-0.4, -0.2) is 24.4 Å². The van der Waals surface area contributed by atoms with Crippen molar-refractivity contribution in [1.29, 1.82) is 0 Å². The number of rotatable bonds is 6. The minimum Gasteiger partial charge on any atom is -0.391 e. The number of benzene rings is 1. The number of hydrogen-bond acceptors (Lipinski definition) is 3. The first-order valence-electron chi connectivity index (χ1n) is 4.63. The minimum absolute atomic E-state index is 0.0469. The van der Waals surface area contributed by atoms with Crippen molar-refractivity contribution < 1.29 is 9.84 Å². The summed E-state index contributed by atoms with van der Waals surface area (Å²) in [5.41, 5.74) is 9.07. The highest BCUT2D eigenvalue weighted by Crippen LogP contribution is 2.00. The lowest BCUT2D eigenvalue weighted by molar-refractivity contribution is 0.0329. The third-order valence-electron chi connectivity index (χ3n) is 1.78. The van der Waals surface area contributed by atoms with Gasteiger partial charge in [0.05, 0.1) is 25.9 Å². The first-order chi connectivity index (χ1) is 7.33.